The van der Waals surface area contributed by atoms with Gasteiger partial charge >= 0.3 is 12.4 Å². The van der Waals surface area contributed by atoms with E-state index in [-0.39, 0.29) is 18.6 Å². The Morgan fingerprint density at radius 1 is 0.462 bits per heavy atom. The molecule has 26 heavy (non-hydrogen) atoms. The van der Waals surface area contributed by atoms with Gasteiger partial charge in [0.1, 0.15) is 5.78 Å². The lowest BCUT2D eigenvalue weighted by Crippen LogP contribution is -2.06. The summed E-state index contributed by atoms with van der Waals surface area (Å²) in [6, 6.07) is 0. The van der Waals surface area contributed by atoms with Crippen LogP contribution in [0.15, 0.2) is 0 Å². The number of Topliss-reactive ketones (excluding diaryl/α,β-unsaturated/α-hetero) is 1. The van der Waals surface area contributed by atoms with Crippen molar-refractivity contribution in [2.45, 2.75) is 115 Å². The SMILES string of the molecule is O=C(CCCCCCCCC(F)(F)F)CCCCCCCCC(F)(F)F. The Balaban J connectivity index is 3.28. The van der Waals surface area contributed by atoms with Crippen LogP contribution in [0.2, 0.25) is 0 Å². The van der Waals surface area contributed by atoms with E-state index in [1.807, 2.05) is 0 Å². The molecule has 0 aromatic carbocycles. The minimum atomic E-state index is -4.06. The number of carbonyl (C=O) groups excluding carboxylic acids is 1. The highest BCUT2D eigenvalue weighted by Gasteiger charge is 2.26. The van der Waals surface area contributed by atoms with E-state index in [1.165, 1.54) is 0 Å². The predicted octanol–water partition coefficient (Wildman–Crippen LogP) is 7.92. The van der Waals surface area contributed by atoms with Gasteiger partial charge in [0.25, 0.3) is 0 Å². The van der Waals surface area contributed by atoms with Crippen LogP contribution in [0, 0.1) is 0 Å². The minimum absolute atomic E-state index is 0.179. The van der Waals surface area contributed by atoms with E-state index < -0.39 is 25.2 Å². The molecule has 0 aromatic rings. The summed E-state index contributed by atoms with van der Waals surface area (Å²) in [7, 11) is 0. The molecule has 0 radical (unpaired) electrons. The van der Waals surface area contributed by atoms with Crippen LogP contribution < -0.4 is 0 Å². The fourth-order valence-corrected chi connectivity index (χ4v) is 2.83. The van der Waals surface area contributed by atoms with Crippen LogP contribution in [-0.4, -0.2) is 18.1 Å². The summed E-state index contributed by atoms with van der Waals surface area (Å²) < 4.78 is 71.7. The average Bonchev–Trinajstić information content (AvgIpc) is 2.50. The summed E-state index contributed by atoms with van der Waals surface area (Å²) in [6.45, 7) is 0. The zero-order chi connectivity index (χ0) is 19.9. The van der Waals surface area contributed by atoms with Gasteiger partial charge in [-0.1, -0.05) is 51.4 Å². The Kier molecular flexibility index (Phi) is 13.9. The van der Waals surface area contributed by atoms with Crippen LogP contribution in [0.25, 0.3) is 0 Å². The number of rotatable bonds is 16. The second kappa shape index (κ2) is 14.3. The van der Waals surface area contributed by atoms with Crippen molar-refractivity contribution in [3.8, 4) is 0 Å². The maximum Gasteiger partial charge on any atom is 0.389 e. The Hall–Kier alpha value is -0.750. The second-order valence-corrected chi connectivity index (χ2v) is 7.01. The molecule has 0 aliphatic carbocycles. The Morgan fingerprint density at radius 2 is 0.731 bits per heavy atom. The summed E-state index contributed by atoms with van der Waals surface area (Å²) in [4.78, 5) is 11.7. The van der Waals surface area contributed by atoms with Crippen molar-refractivity contribution >= 4 is 5.78 Å². The summed E-state index contributed by atoms with van der Waals surface area (Å²) in [5.41, 5.74) is 0. The highest BCUT2D eigenvalue weighted by Crippen LogP contribution is 2.24. The van der Waals surface area contributed by atoms with Crippen LogP contribution in [0.5, 0.6) is 0 Å². The van der Waals surface area contributed by atoms with Gasteiger partial charge in [-0.15, -0.1) is 0 Å². The molecule has 0 bridgehead atoms. The Bertz CT molecular complexity index is 317. The first-order valence-electron chi connectivity index (χ1n) is 9.75. The van der Waals surface area contributed by atoms with Gasteiger partial charge in [0, 0.05) is 25.7 Å². The summed E-state index contributed by atoms with van der Waals surface area (Å²) in [6.07, 6.45) is -0.388. The molecular formula is C19H32F6O. The first kappa shape index (κ1) is 25.2. The Labute approximate surface area is 152 Å². The lowest BCUT2D eigenvalue weighted by molar-refractivity contribution is -0.136. The summed E-state index contributed by atoms with van der Waals surface area (Å²) >= 11 is 0. The third kappa shape index (κ3) is 21.3. The lowest BCUT2D eigenvalue weighted by atomic mass is 10.0. The van der Waals surface area contributed by atoms with Crippen molar-refractivity contribution in [2.24, 2.45) is 0 Å². The third-order valence-electron chi connectivity index (χ3n) is 4.33. The van der Waals surface area contributed by atoms with Crippen molar-refractivity contribution in [2.75, 3.05) is 0 Å². The predicted molar refractivity (Wildman–Crippen MR) is 91.0 cm³/mol. The smallest absolute Gasteiger partial charge is 0.300 e. The van der Waals surface area contributed by atoms with Crippen LogP contribution in [0.1, 0.15) is 103 Å². The summed E-state index contributed by atoms with van der Waals surface area (Å²) in [5.74, 6) is 0.208. The van der Waals surface area contributed by atoms with E-state index in [4.69, 9.17) is 0 Å². The van der Waals surface area contributed by atoms with Gasteiger partial charge in [-0.25, -0.2) is 0 Å². The molecule has 0 spiro atoms. The molecule has 0 aliphatic heterocycles. The highest BCUT2D eigenvalue weighted by atomic mass is 19.4. The van der Waals surface area contributed by atoms with Gasteiger partial charge in [0.2, 0.25) is 0 Å². The van der Waals surface area contributed by atoms with E-state index in [0.29, 0.717) is 25.7 Å². The monoisotopic (exact) mass is 390 g/mol. The van der Waals surface area contributed by atoms with Crippen LogP contribution in [-0.2, 0) is 4.79 Å². The molecule has 1 nitrogen and oxygen atoms in total. The topological polar surface area (TPSA) is 17.1 Å². The van der Waals surface area contributed by atoms with Crippen LogP contribution >= 0.6 is 0 Å². The summed E-state index contributed by atoms with van der Waals surface area (Å²) in [5, 5.41) is 0. The first-order valence-corrected chi connectivity index (χ1v) is 9.75. The zero-order valence-electron chi connectivity index (χ0n) is 15.5. The molecular weight excluding hydrogens is 358 g/mol. The van der Waals surface area contributed by atoms with E-state index in [9.17, 15) is 31.1 Å². The molecule has 156 valence electrons. The second-order valence-electron chi connectivity index (χ2n) is 7.01. The van der Waals surface area contributed by atoms with Gasteiger partial charge in [-0.05, 0) is 25.7 Å². The van der Waals surface area contributed by atoms with E-state index in [1.54, 1.807) is 0 Å². The molecule has 0 unspecified atom stereocenters. The molecule has 0 aliphatic rings. The van der Waals surface area contributed by atoms with Crippen molar-refractivity contribution < 1.29 is 31.1 Å². The standard InChI is InChI=1S/C19H32F6O/c20-18(21,22)15-11-7-3-1-5-9-13-17(26)14-10-6-2-4-8-12-16-19(23,24)25/h1-16H2. The quantitative estimate of drug-likeness (QED) is 0.193. The van der Waals surface area contributed by atoms with E-state index in [0.717, 1.165) is 51.4 Å². The van der Waals surface area contributed by atoms with Gasteiger partial charge in [-0.2, -0.15) is 26.3 Å². The average molecular weight is 390 g/mol. The van der Waals surface area contributed by atoms with Crippen molar-refractivity contribution in [1.82, 2.24) is 0 Å². The molecule has 7 heteroatoms. The molecule has 0 aromatic heterocycles. The van der Waals surface area contributed by atoms with Gasteiger partial charge < -0.3 is 0 Å². The molecule has 0 N–H and O–H groups in total. The lowest BCUT2D eigenvalue weighted by Gasteiger charge is -2.06. The van der Waals surface area contributed by atoms with E-state index >= 15 is 0 Å². The van der Waals surface area contributed by atoms with Gasteiger partial charge in [0.15, 0.2) is 0 Å². The number of carbonyl (C=O) groups is 1. The maximum absolute atomic E-state index is 11.9. The molecule has 0 atom stereocenters. The van der Waals surface area contributed by atoms with Gasteiger partial charge in [-0.3, -0.25) is 4.79 Å². The van der Waals surface area contributed by atoms with Crippen LogP contribution in [0.4, 0.5) is 26.3 Å². The molecule has 0 rings (SSSR count). The molecule has 0 heterocycles. The largest absolute Gasteiger partial charge is 0.389 e. The Morgan fingerprint density at radius 3 is 1.04 bits per heavy atom. The normalized spacial score (nSPS) is 12.5. The molecule has 0 saturated heterocycles. The fourth-order valence-electron chi connectivity index (χ4n) is 2.83. The maximum atomic E-state index is 11.9. The van der Waals surface area contributed by atoms with Crippen molar-refractivity contribution in [1.29, 1.82) is 0 Å². The zero-order valence-corrected chi connectivity index (χ0v) is 15.5. The van der Waals surface area contributed by atoms with Crippen molar-refractivity contribution in [3.05, 3.63) is 0 Å². The van der Waals surface area contributed by atoms with Gasteiger partial charge in [0.05, 0.1) is 0 Å². The first-order chi connectivity index (χ1) is 12.1. The minimum Gasteiger partial charge on any atom is -0.300 e. The number of ketones is 1. The molecule has 0 amide bonds. The fraction of sp³-hybridized carbons (Fsp3) is 0.947. The van der Waals surface area contributed by atoms with Crippen molar-refractivity contribution in [3.63, 3.8) is 0 Å². The molecule has 0 fully saturated rings. The third-order valence-corrected chi connectivity index (χ3v) is 4.33. The van der Waals surface area contributed by atoms with E-state index in [2.05, 4.69) is 0 Å². The molecule has 0 saturated carbocycles. The number of halogens is 6. The number of hydrogen-bond donors (Lipinski definition) is 0. The number of alkyl halides is 6. The number of hydrogen-bond acceptors (Lipinski definition) is 1. The number of unbranched alkanes of at least 4 members (excludes halogenated alkanes) is 10. The highest BCUT2D eigenvalue weighted by molar-refractivity contribution is 5.78. The van der Waals surface area contributed by atoms with Crippen LogP contribution in [0.3, 0.4) is 0 Å².